The number of nitrogens with zero attached hydrogens (tertiary/aromatic N) is 4. The molecule has 130 valence electrons. The minimum absolute atomic E-state index is 0.174. The number of rotatable bonds is 7. The number of benzene rings is 1. The molecule has 10 heteroatoms. The summed E-state index contributed by atoms with van der Waals surface area (Å²) in [6.45, 7) is 2.57. The average Bonchev–Trinajstić information content (AvgIpc) is 3.23. The molecule has 0 bridgehead atoms. The third-order valence-electron chi connectivity index (χ3n) is 3.08. The molecule has 1 amide bonds. The number of hydrogen-bond donors (Lipinski definition) is 2. The number of hydrogen-bond acceptors (Lipinski definition) is 8. The number of nitrogens with one attached hydrogen (secondary N) is 1. The van der Waals surface area contributed by atoms with Crippen LogP contribution in [0.3, 0.4) is 0 Å². The summed E-state index contributed by atoms with van der Waals surface area (Å²) in [5.41, 5.74) is 1.77. The van der Waals surface area contributed by atoms with Crippen molar-refractivity contribution in [2.24, 2.45) is 0 Å². The van der Waals surface area contributed by atoms with Gasteiger partial charge in [0.05, 0.1) is 18.1 Å². The lowest BCUT2D eigenvalue weighted by atomic mass is 10.2. The second kappa shape index (κ2) is 7.99. The Hall–Kier alpha value is -2.59. The number of anilines is 1. The van der Waals surface area contributed by atoms with Crippen molar-refractivity contribution in [1.29, 1.82) is 0 Å². The van der Waals surface area contributed by atoms with Gasteiger partial charge in [0.25, 0.3) is 0 Å². The summed E-state index contributed by atoms with van der Waals surface area (Å²) < 4.78 is 6.69. The molecule has 0 aliphatic carbocycles. The maximum Gasteiger partial charge on any atom is 0.236 e. The van der Waals surface area contributed by atoms with Crippen LogP contribution in [0, 0.1) is 0 Å². The van der Waals surface area contributed by atoms with Crippen molar-refractivity contribution >= 4 is 34.1 Å². The van der Waals surface area contributed by atoms with E-state index in [9.17, 15) is 4.79 Å². The van der Waals surface area contributed by atoms with Crippen LogP contribution in [0.15, 0.2) is 41.1 Å². The van der Waals surface area contributed by atoms with Crippen LogP contribution in [0.5, 0.6) is 5.75 Å². The van der Waals surface area contributed by atoms with Crippen LogP contribution in [-0.4, -0.2) is 38.1 Å². The molecule has 0 atom stereocenters. The molecule has 0 spiro atoms. The SMILES string of the molecule is CCOc1ccc(-c2csc(NC(=O)CSc3nncn3N)n2)cc1. The molecule has 0 aliphatic heterocycles. The number of nitrogen functional groups attached to an aromatic ring is 1. The standard InChI is InChI=1S/C15H16N6O2S2/c1-2-23-11-5-3-10(4-6-11)12-7-24-14(18-12)19-13(22)8-25-15-20-17-9-21(15)16/h3-7,9H,2,8,16H2,1H3,(H,18,19,22). The molecule has 2 heterocycles. The van der Waals surface area contributed by atoms with E-state index < -0.39 is 0 Å². The van der Waals surface area contributed by atoms with E-state index in [1.807, 2.05) is 36.6 Å². The molecule has 3 rings (SSSR count). The largest absolute Gasteiger partial charge is 0.494 e. The maximum atomic E-state index is 12.0. The summed E-state index contributed by atoms with van der Waals surface area (Å²) in [6.07, 6.45) is 1.38. The van der Waals surface area contributed by atoms with Crippen molar-refractivity contribution < 1.29 is 9.53 Å². The van der Waals surface area contributed by atoms with Crippen LogP contribution in [0.25, 0.3) is 11.3 Å². The summed E-state index contributed by atoms with van der Waals surface area (Å²) in [7, 11) is 0. The van der Waals surface area contributed by atoms with Crippen molar-refractivity contribution in [3.8, 4) is 17.0 Å². The molecule has 25 heavy (non-hydrogen) atoms. The Morgan fingerprint density at radius 3 is 2.88 bits per heavy atom. The fourth-order valence-corrected chi connectivity index (χ4v) is 3.34. The average molecular weight is 376 g/mol. The van der Waals surface area contributed by atoms with E-state index >= 15 is 0 Å². The zero-order chi connectivity index (χ0) is 17.6. The highest BCUT2D eigenvalue weighted by atomic mass is 32.2. The van der Waals surface area contributed by atoms with Crippen molar-refractivity contribution in [2.75, 3.05) is 23.5 Å². The van der Waals surface area contributed by atoms with Crippen LogP contribution < -0.4 is 15.9 Å². The molecule has 3 aromatic rings. The van der Waals surface area contributed by atoms with Gasteiger partial charge in [0.15, 0.2) is 5.13 Å². The molecule has 1 aromatic carbocycles. The van der Waals surface area contributed by atoms with Crippen molar-refractivity contribution in [2.45, 2.75) is 12.1 Å². The second-order valence-corrected chi connectivity index (χ2v) is 6.65. The van der Waals surface area contributed by atoms with Gasteiger partial charge in [-0.05, 0) is 31.2 Å². The van der Waals surface area contributed by atoms with Gasteiger partial charge < -0.3 is 15.9 Å². The molecular formula is C15H16N6O2S2. The fourth-order valence-electron chi connectivity index (χ4n) is 1.97. The van der Waals surface area contributed by atoms with E-state index in [0.717, 1.165) is 17.0 Å². The highest BCUT2D eigenvalue weighted by molar-refractivity contribution is 7.99. The van der Waals surface area contributed by atoms with Gasteiger partial charge in [0, 0.05) is 10.9 Å². The first-order chi connectivity index (χ1) is 12.2. The number of aromatic nitrogens is 4. The third-order valence-corrected chi connectivity index (χ3v) is 4.80. The Morgan fingerprint density at radius 2 is 2.20 bits per heavy atom. The first-order valence-electron chi connectivity index (χ1n) is 7.42. The van der Waals surface area contributed by atoms with Crippen LogP contribution in [-0.2, 0) is 4.79 Å². The lowest BCUT2D eigenvalue weighted by Crippen LogP contribution is -2.15. The van der Waals surface area contributed by atoms with E-state index in [0.29, 0.717) is 16.9 Å². The topological polar surface area (TPSA) is 108 Å². The van der Waals surface area contributed by atoms with E-state index in [-0.39, 0.29) is 11.7 Å². The Labute approximate surface area is 152 Å². The molecule has 0 saturated carbocycles. The molecule has 0 aliphatic rings. The Morgan fingerprint density at radius 1 is 1.40 bits per heavy atom. The number of carbonyl (C=O) groups excluding carboxylic acids is 1. The zero-order valence-electron chi connectivity index (χ0n) is 13.4. The number of thiazole rings is 1. The molecule has 0 unspecified atom stereocenters. The molecule has 2 aromatic heterocycles. The normalized spacial score (nSPS) is 10.6. The molecular weight excluding hydrogens is 360 g/mol. The number of ether oxygens (including phenoxy) is 1. The highest BCUT2D eigenvalue weighted by Crippen LogP contribution is 2.26. The predicted molar refractivity (Wildman–Crippen MR) is 98.2 cm³/mol. The zero-order valence-corrected chi connectivity index (χ0v) is 15.0. The van der Waals surface area contributed by atoms with E-state index in [1.54, 1.807) is 0 Å². The number of amides is 1. The van der Waals surface area contributed by atoms with Crippen LogP contribution in [0.2, 0.25) is 0 Å². The molecule has 3 N–H and O–H groups in total. The summed E-state index contributed by atoms with van der Waals surface area (Å²) in [6, 6.07) is 7.68. The summed E-state index contributed by atoms with van der Waals surface area (Å²) in [5.74, 6) is 6.41. The van der Waals surface area contributed by atoms with Gasteiger partial charge in [-0.2, -0.15) is 0 Å². The highest BCUT2D eigenvalue weighted by Gasteiger charge is 2.11. The lowest BCUT2D eigenvalue weighted by molar-refractivity contribution is -0.113. The van der Waals surface area contributed by atoms with Crippen molar-refractivity contribution in [3.05, 3.63) is 36.0 Å². The van der Waals surface area contributed by atoms with E-state index in [4.69, 9.17) is 10.6 Å². The van der Waals surface area contributed by atoms with Gasteiger partial charge in [0.1, 0.15) is 12.1 Å². The Balaban J connectivity index is 1.57. The molecule has 0 fully saturated rings. The van der Waals surface area contributed by atoms with Crippen molar-refractivity contribution in [1.82, 2.24) is 19.9 Å². The monoisotopic (exact) mass is 376 g/mol. The van der Waals surface area contributed by atoms with Gasteiger partial charge in [0.2, 0.25) is 11.1 Å². The molecule has 0 saturated heterocycles. The van der Waals surface area contributed by atoms with Crippen LogP contribution in [0.4, 0.5) is 5.13 Å². The van der Waals surface area contributed by atoms with E-state index in [2.05, 4.69) is 20.5 Å². The first kappa shape index (κ1) is 17.2. The van der Waals surface area contributed by atoms with E-state index in [1.165, 1.54) is 34.1 Å². The second-order valence-electron chi connectivity index (χ2n) is 4.85. The number of thioether (sulfide) groups is 1. The predicted octanol–water partition coefficient (Wildman–Crippen LogP) is 2.24. The third kappa shape index (κ3) is 4.48. The van der Waals surface area contributed by atoms with Crippen LogP contribution in [0.1, 0.15) is 6.92 Å². The van der Waals surface area contributed by atoms with Gasteiger partial charge in [-0.1, -0.05) is 11.8 Å². The molecule has 8 nitrogen and oxygen atoms in total. The maximum absolute atomic E-state index is 12.0. The van der Waals surface area contributed by atoms with Crippen LogP contribution >= 0.6 is 23.1 Å². The Kier molecular flexibility index (Phi) is 5.51. The molecule has 0 radical (unpaired) electrons. The lowest BCUT2D eigenvalue weighted by Gasteiger charge is -2.03. The Bertz CT molecular complexity index is 846. The van der Waals surface area contributed by atoms with Crippen molar-refractivity contribution in [3.63, 3.8) is 0 Å². The van der Waals surface area contributed by atoms with Gasteiger partial charge in [-0.15, -0.1) is 21.5 Å². The smallest absolute Gasteiger partial charge is 0.236 e. The first-order valence-corrected chi connectivity index (χ1v) is 9.28. The minimum Gasteiger partial charge on any atom is -0.494 e. The van der Waals surface area contributed by atoms with Gasteiger partial charge in [-0.25, -0.2) is 9.66 Å². The fraction of sp³-hybridized carbons (Fsp3) is 0.200. The minimum atomic E-state index is -0.180. The number of carbonyl (C=O) groups is 1. The summed E-state index contributed by atoms with van der Waals surface area (Å²) in [5, 5.41) is 13.2. The summed E-state index contributed by atoms with van der Waals surface area (Å²) in [4.78, 5) is 16.4. The number of nitrogens with two attached hydrogens (primary N) is 1. The van der Waals surface area contributed by atoms with Gasteiger partial charge >= 0.3 is 0 Å². The van der Waals surface area contributed by atoms with Gasteiger partial charge in [-0.3, -0.25) is 4.79 Å². The summed E-state index contributed by atoms with van der Waals surface area (Å²) >= 11 is 2.58. The quantitative estimate of drug-likeness (QED) is 0.481.